The molecule has 0 atom stereocenters. The Morgan fingerprint density at radius 2 is 2.24 bits per heavy atom. The number of rotatable bonds is 4. The molecule has 0 saturated heterocycles. The van der Waals surface area contributed by atoms with E-state index in [1.54, 1.807) is 4.52 Å². The molecule has 17 heavy (non-hydrogen) atoms. The summed E-state index contributed by atoms with van der Waals surface area (Å²) in [6.07, 6.45) is 1.85. The highest BCUT2D eigenvalue weighted by atomic mass is 79.9. The molecule has 0 aliphatic heterocycles. The van der Waals surface area contributed by atoms with Gasteiger partial charge in [0.25, 0.3) is 0 Å². The first-order valence-electron chi connectivity index (χ1n) is 5.37. The summed E-state index contributed by atoms with van der Waals surface area (Å²) < 4.78 is 2.66. The van der Waals surface area contributed by atoms with Crippen molar-refractivity contribution >= 4 is 27.5 Å². The number of fused-ring (bicyclic) bond motifs is 1. The number of aromatic nitrogens is 3. The second-order valence-electron chi connectivity index (χ2n) is 4.76. The molecule has 0 saturated carbocycles. The van der Waals surface area contributed by atoms with Crippen LogP contribution in [-0.2, 0) is 0 Å². The Balaban J connectivity index is 2.15. The van der Waals surface area contributed by atoms with Crippen molar-refractivity contribution in [1.82, 2.24) is 14.6 Å². The lowest BCUT2D eigenvalue weighted by molar-refractivity contribution is 0.170. The quantitative estimate of drug-likeness (QED) is 0.905. The van der Waals surface area contributed by atoms with Crippen LogP contribution < -0.4 is 5.32 Å². The van der Waals surface area contributed by atoms with Crippen molar-refractivity contribution in [1.29, 1.82) is 0 Å². The average Bonchev–Trinajstić information content (AvgIpc) is 2.68. The number of anilines is 1. The van der Waals surface area contributed by atoms with Gasteiger partial charge < -0.3 is 10.4 Å². The largest absolute Gasteiger partial charge is 0.396 e. The molecule has 5 nitrogen and oxygen atoms in total. The van der Waals surface area contributed by atoms with Crippen LogP contribution in [0.3, 0.4) is 0 Å². The first kappa shape index (κ1) is 12.3. The third-order valence-corrected chi connectivity index (χ3v) is 2.92. The molecule has 0 aliphatic carbocycles. The molecular formula is C11H15BrN4O. The van der Waals surface area contributed by atoms with Crippen molar-refractivity contribution in [3.63, 3.8) is 0 Å². The lowest BCUT2D eigenvalue weighted by Gasteiger charge is -2.20. The molecule has 0 aliphatic rings. The standard InChI is InChI=1S/C11H15BrN4O/c1-11(2,7-17)6-13-10-14-9-4-3-8(12)5-16(9)15-10/h3-5,17H,6-7H2,1-2H3,(H,13,15). The molecule has 2 rings (SSSR count). The smallest absolute Gasteiger partial charge is 0.243 e. The number of nitrogens with zero attached hydrogens (tertiary/aromatic N) is 3. The van der Waals surface area contributed by atoms with Gasteiger partial charge in [-0.05, 0) is 28.1 Å². The van der Waals surface area contributed by atoms with Crippen LogP contribution in [0.25, 0.3) is 5.65 Å². The van der Waals surface area contributed by atoms with Gasteiger partial charge in [0.1, 0.15) is 0 Å². The first-order chi connectivity index (χ1) is 8.00. The molecule has 2 aromatic rings. The number of aliphatic hydroxyl groups excluding tert-OH is 1. The molecule has 0 radical (unpaired) electrons. The zero-order valence-corrected chi connectivity index (χ0v) is 11.4. The van der Waals surface area contributed by atoms with Gasteiger partial charge in [-0.15, -0.1) is 5.10 Å². The highest BCUT2D eigenvalue weighted by molar-refractivity contribution is 9.10. The monoisotopic (exact) mass is 298 g/mol. The zero-order chi connectivity index (χ0) is 12.5. The summed E-state index contributed by atoms with van der Waals surface area (Å²) in [7, 11) is 0. The Morgan fingerprint density at radius 3 is 2.94 bits per heavy atom. The van der Waals surface area contributed by atoms with Crippen LogP contribution in [-0.4, -0.2) is 32.9 Å². The van der Waals surface area contributed by atoms with E-state index in [1.165, 1.54) is 0 Å². The van der Waals surface area contributed by atoms with E-state index >= 15 is 0 Å². The van der Waals surface area contributed by atoms with E-state index in [4.69, 9.17) is 5.11 Å². The highest BCUT2D eigenvalue weighted by Gasteiger charge is 2.16. The molecule has 0 spiro atoms. The Hall–Kier alpha value is -1.14. The topological polar surface area (TPSA) is 62.5 Å². The van der Waals surface area contributed by atoms with Crippen LogP contribution in [0.1, 0.15) is 13.8 Å². The van der Waals surface area contributed by atoms with Gasteiger partial charge in [0.2, 0.25) is 5.95 Å². The van der Waals surface area contributed by atoms with E-state index in [2.05, 4.69) is 31.3 Å². The van der Waals surface area contributed by atoms with Crippen molar-refractivity contribution in [2.75, 3.05) is 18.5 Å². The normalized spacial score (nSPS) is 12.0. The third-order valence-electron chi connectivity index (χ3n) is 2.45. The summed E-state index contributed by atoms with van der Waals surface area (Å²) in [5, 5.41) is 16.6. The van der Waals surface area contributed by atoms with E-state index in [0.29, 0.717) is 12.5 Å². The fraction of sp³-hybridized carbons (Fsp3) is 0.455. The lowest BCUT2D eigenvalue weighted by Crippen LogP contribution is -2.27. The number of nitrogens with one attached hydrogen (secondary N) is 1. The molecule has 0 aromatic carbocycles. The maximum absolute atomic E-state index is 9.16. The Morgan fingerprint density at radius 1 is 1.47 bits per heavy atom. The van der Waals surface area contributed by atoms with E-state index in [0.717, 1.165) is 10.1 Å². The van der Waals surface area contributed by atoms with Crippen LogP contribution in [0.15, 0.2) is 22.8 Å². The zero-order valence-electron chi connectivity index (χ0n) is 9.81. The van der Waals surface area contributed by atoms with Gasteiger partial charge in [-0.3, -0.25) is 0 Å². The molecule has 0 fully saturated rings. The van der Waals surface area contributed by atoms with Crippen molar-refractivity contribution < 1.29 is 5.11 Å². The molecule has 0 bridgehead atoms. The molecule has 0 amide bonds. The average molecular weight is 299 g/mol. The van der Waals surface area contributed by atoms with Crippen molar-refractivity contribution in [3.8, 4) is 0 Å². The second kappa shape index (κ2) is 4.62. The predicted molar refractivity (Wildman–Crippen MR) is 70.0 cm³/mol. The highest BCUT2D eigenvalue weighted by Crippen LogP contribution is 2.15. The Kier molecular flexibility index (Phi) is 3.35. The molecule has 2 N–H and O–H groups in total. The van der Waals surface area contributed by atoms with Gasteiger partial charge in [0.15, 0.2) is 5.65 Å². The van der Waals surface area contributed by atoms with Crippen LogP contribution in [0, 0.1) is 5.41 Å². The van der Waals surface area contributed by atoms with Crippen LogP contribution in [0.5, 0.6) is 0 Å². The molecule has 92 valence electrons. The number of aliphatic hydroxyl groups is 1. The minimum atomic E-state index is -0.182. The van der Waals surface area contributed by atoms with Crippen molar-refractivity contribution in [3.05, 3.63) is 22.8 Å². The summed E-state index contributed by atoms with van der Waals surface area (Å²) in [6, 6.07) is 3.81. The molecule has 2 aromatic heterocycles. The van der Waals surface area contributed by atoms with E-state index in [9.17, 15) is 0 Å². The summed E-state index contributed by atoms with van der Waals surface area (Å²) in [6.45, 7) is 4.71. The summed E-state index contributed by atoms with van der Waals surface area (Å²) >= 11 is 3.38. The molecule has 2 heterocycles. The fourth-order valence-corrected chi connectivity index (χ4v) is 1.63. The lowest BCUT2D eigenvalue weighted by atomic mass is 9.95. The van der Waals surface area contributed by atoms with Gasteiger partial charge in [-0.25, -0.2) is 4.52 Å². The molecule has 6 heteroatoms. The first-order valence-corrected chi connectivity index (χ1v) is 6.16. The second-order valence-corrected chi connectivity index (χ2v) is 5.68. The summed E-state index contributed by atoms with van der Waals surface area (Å²) in [4.78, 5) is 4.33. The maximum atomic E-state index is 9.16. The van der Waals surface area contributed by atoms with Crippen molar-refractivity contribution in [2.24, 2.45) is 5.41 Å². The minimum absolute atomic E-state index is 0.124. The summed E-state index contributed by atoms with van der Waals surface area (Å²) in [5.41, 5.74) is 0.607. The van der Waals surface area contributed by atoms with Gasteiger partial charge in [-0.2, -0.15) is 4.98 Å². The van der Waals surface area contributed by atoms with Crippen LogP contribution >= 0.6 is 15.9 Å². The maximum Gasteiger partial charge on any atom is 0.243 e. The van der Waals surface area contributed by atoms with Crippen molar-refractivity contribution in [2.45, 2.75) is 13.8 Å². The minimum Gasteiger partial charge on any atom is -0.396 e. The number of hydrogen-bond acceptors (Lipinski definition) is 4. The fourth-order valence-electron chi connectivity index (χ4n) is 1.31. The number of halogens is 1. The van der Waals surface area contributed by atoms with Gasteiger partial charge in [0.05, 0.1) is 0 Å². The van der Waals surface area contributed by atoms with E-state index in [1.807, 2.05) is 32.2 Å². The predicted octanol–water partition coefficient (Wildman–Crippen LogP) is 1.92. The van der Waals surface area contributed by atoms with Gasteiger partial charge >= 0.3 is 0 Å². The summed E-state index contributed by atoms with van der Waals surface area (Å²) in [5.74, 6) is 0.574. The number of hydrogen-bond donors (Lipinski definition) is 2. The van der Waals surface area contributed by atoms with E-state index in [-0.39, 0.29) is 12.0 Å². The molecular weight excluding hydrogens is 284 g/mol. The van der Waals surface area contributed by atoms with Gasteiger partial charge in [-0.1, -0.05) is 13.8 Å². The SMILES string of the molecule is CC(C)(CO)CNc1nc2ccc(Br)cn2n1. The Bertz CT molecular complexity index is 523. The van der Waals surface area contributed by atoms with Crippen LogP contribution in [0.4, 0.5) is 5.95 Å². The third kappa shape index (κ3) is 2.95. The number of pyridine rings is 1. The van der Waals surface area contributed by atoms with E-state index < -0.39 is 0 Å². The Labute approximate surface area is 108 Å². The molecule has 0 unspecified atom stereocenters. The van der Waals surface area contributed by atoms with Crippen LogP contribution in [0.2, 0.25) is 0 Å². The van der Waals surface area contributed by atoms with Gasteiger partial charge in [0, 0.05) is 29.2 Å².